The number of hydrogen-bond donors (Lipinski definition) is 1. The number of rotatable bonds is 4. The van der Waals surface area contributed by atoms with Crippen molar-refractivity contribution in [2.24, 2.45) is 0 Å². The Morgan fingerprint density at radius 3 is 2.88 bits per heavy atom. The molecule has 0 unspecified atom stereocenters. The van der Waals surface area contributed by atoms with Crippen molar-refractivity contribution in [3.63, 3.8) is 0 Å². The lowest BCUT2D eigenvalue weighted by atomic mass is 10.2. The molecule has 17 heavy (non-hydrogen) atoms. The molecule has 3 nitrogen and oxygen atoms in total. The fourth-order valence-electron chi connectivity index (χ4n) is 1.30. The molecule has 5 heteroatoms. The van der Waals surface area contributed by atoms with Crippen LogP contribution in [-0.2, 0) is 6.61 Å². The Kier molecular flexibility index (Phi) is 3.81. The Bertz CT molecular complexity index is 536. The molecule has 0 amide bonds. The lowest BCUT2D eigenvalue weighted by Gasteiger charge is -2.05. The van der Waals surface area contributed by atoms with Gasteiger partial charge in [0.2, 0.25) is 0 Å². The predicted octanol–water partition coefficient (Wildman–Crippen LogP) is 3.79. The molecule has 0 aliphatic rings. The second-order valence-electron chi connectivity index (χ2n) is 3.31. The highest BCUT2D eigenvalue weighted by molar-refractivity contribution is 9.10. The molecule has 88 valence electrons. The summed E-state index contributed by atoms with van der Waals surface area (Å²) in [5.74, 6) is -0.391. The Morgan fingerprint density at radius 1 is 1.41 bits per heavy atom. The minimum absolute atomic E-state index is 0.229. The van der Waals surface area contributed by atoms with Crippen LogP contribution in [0.1, 0.15) is 15.2 Å². The number of hydrogen-bond acceptors (Lipinski definition) is 3. The summed E-state index contributed by atoms with van der Waals surface area (Å²) >= 11 is 5.00. The molecule has 2 rings (SSSR count). The van der Waals surface area contributed by atoms with Gasteiger partial charge in [0.1, 0.15) is 12.4 Å². The van der Waals surface area contributed by atoms with E-state index in [4.69, 9.17) is 9.84 Å². The lowest BCUT2D eigenvalue weighted by molar-refractivity contribution is 0.0696. The summed E-state index contributed by atoms with van der Waals surface area (Å²) in [5.41, 5.74) is 0.229. The zero-order chi connectivity index (χ0) is 12.3. The van der Waals surface area contributed by atoms with Gasteiger partial charge in [0.15, 0.2) is 0 Å². The van der Waals surface area contributed by atoms with Crippen molar-refractivity contribution in [2.75, 3.05) is 0 Å². The van der Waals surface area contributed by atoms with Crippen molar-refractivity contribution in [3.05, 3.63) is 50.6 Å². The molecular formula is C12H9BrO3S. The minimum Gasteiger partial charge on any atom is -0.488 e. The molecule has 0 aliphatic carbocycles. The van der Waals surface area contributed by atoms with Gasteiger partial charge in [0.05, 0.1) is 10.4 Å². The van der Waals surface area contributed by atoms with Crippen LogP contribution in [0.3, 0.4) is 0 Å². The molecular weight excluding hydrogens is 304 g/mol. The highest BCUT2D eigenvalue weighted by atomic mass is 79.9. The van der Waals surface area contributed by atoms with E-state index in [2.05, 4.69) is 15.9 Å². The first-order chi connectivity index (χ1) is 8.16. The summed E-state index contributed by atoms with van der Waals surface area (Å²) in [6.45, 7) is 0.432. The van der Waals surface area contributed by atoms with Crippen molar-refractivity contribution < 1.29 is 14.6 Å². The summed E-state index contributed by atoms with van der Waals surface area (Å²) in [6.07, 6.45) is 0. The molecule has 0 saturated heterocycles. The summed E-state index contributed by atoms with van der Waals surface area (Å²) < 4.78 is 6.55. The summed E-state index contributed by atoms with van der Waals surface area (Å²) in [5, 5.41) is 10.8. The summed E-state index contributed by atoms with van der Waals surface area (Å²) in [6, 6.07) is 8.42. The smallest absolute Gasteiger partial charge is 0.335 e. The molecule has 0 radical (unpaired) electrons. The van der Waals surface area contributed by atoms with Gasteiger partial charge in [-0.05, 0) is 45.6 Å². The van der Waals surface area contributed by atoms with E-state index >= 15 is 0 Å². The number of benzene rings is 1. The van der Waals surface area contributed by atoms with E-state index in [1.807, 2.05) is 11.4 Å². The van der Waals surface area contributed by atoms with E-state index in [0.29, 0.717) is 12.4 Å². The minimum atomic E-state index is -0.951. The number of aromatic carboxylic acids is 1. The average Bonchev–Trinajstić information content (AvgIpc) is 2.72. The van der Waals surface area contributed by atoms with Gasteiger partial charge in [-0.15, -0.1) is 11.3 Å². The molecule has 0 spiro atoms. The topological polar surface area (TPSA) is 46.5 Å². The maximum Gasteiger partial charge on any atom is 0.335 e. The van der Waals surface area contributed by atoms with E-state index in [0.717, 1.165) is 9.35 Å². The number of ether oxygens (including phenoxy) is 1. The average molecular weight is 313 g/mol. The fraction of sp³-hybridized carbons (Fsp3) is 0.0833. The van der Waals surface area contributed by atoms with Crippen molar-refractivity contribution >= 4 is 33.2 Å². The fourth-order valence-corrected chi connectivity index (χ4v) is 2.67. The number of carboxylic acids is 1. The standard InChI is InChI=1S/C12H9BrO3S/c13-10-4-5-17-11(10)7-16-9-3-1-2-8(6-9)12(14)15/h1-6H,7H2,(H,14,15). The van der Waals surface area contributed by atoms with Crippen molar-refractivity contribution in [1.29, 1.82) is 0 Å². The second kappa shape index (κ2) is 5.33. The van der Waals surface area contributed by atoms with E-state index in [1.54, 1.807) is 23.5 Å². The predicted molar refractivity (Wildman–Crippen MR) is 69.8 cm³/mol. The first-order valence-corrected chi connectivity index (χ1v) is 6.52. The third-order valence-electron chi connectivity index (χ3n) is 2.14. The van der Waals surface area contributed by atoms with E-state index in [-0.39, 0.29) is 5.56 Å². The summed E-state index contributed by atoms with van der Waals surface area (Å²) in [4.78, 5) is 11.9. The number of halogens is 1. The van der Waals surface area contributed by atoms with Crippen LogP contribution in [0.4, 0.5) is 0 Å². The van der Waals surface area contributed by atoms with Crippen LogP contribution in [-0.4, -0.2) is 11.1 Å². The van der Waals surface area contributed by atoms with Crippen molar-refractivity contribution in [3.8, 4) is 5.75 Å². The maximum absolute atomic E-state index is 10.8. The van der Waals surface area contributed by atoms with Gasteiger partial charge in [-0.2, -0.15) is 0 Å². The maximum atomic E-state index is 10.8. The zero-order valence-electron chi connectivity index (χ0n) is 8.72. The Balaban J connectivity index is 2.07. The molecule has 0 aliphatic heterocycles. The largest absolute Gasteiger partial charge is 0.488 e. The first-order valence-electron chi connectivity index (χ1n) is 4.85. The zero-order valence-corrected chi connectivity index (χ0v) is 11.1. The SMILES string of the molecule is O=C(O)c1cccc(OCc2sccc2Br)c1. The van der Waals surface area contributed by atoms with Gasteiger partial charge in [-0.3, -0.25) is 0 Å². The molecule has 0 saturated carbocycles. The Hall–Kier alpha value is -1.33. The van der Waals surface area contributed by atoms with Crippen LogP contribution in [0.5, 0.6) is 5.75 Å². The first kappa shape index (κ1) is 12.1. The molecule has 2 aromatic rings. The third kappa shape index (κ3) is 3.08. The summed E-state index contributed by atoms with van der Waals surface area (Å²) in [7, 11) is 0. The number of thiophene rings is 1. The molecule has 0 fully saturated rings. The van der Waals surface area contributed by atoms with Gasteiger partial charge in [-0.1, -0.05) is 6.07 Å². The Labute approximate surface area is 111 Å². The number of carboxylic acid groups (broad SMARTS) is 1. The normalized spacial score (nSPS) is 10.2. The van der Waals surface area contributed by atoms with E-state index < -0.39 is 5.97 Å². The van der Waals surface area contributed by atoms with Crippen LogP contribution in [0.25, 0.3) is 0 Å². The monoisotopic (exact) mass is 312 g/mol. The quantitative estimate of drug-likeness (QED) is 0.934. The van der Waals surface area contributed by atoms with Crippen LogP contribution >= 0.6 is 27.3 Å². The van der Waals surface area contributed by atoms with Gasteiger partial charge >= 0.3 is 5.97 Å². The second-order valence-corrected chi connectivity index (χ2v) is 5.17. The van der Waals surface area contributed by atoms with Crippen LogP contribution in [0, 0.1) is 0 Å². The van der Waals surface area contributed by atoms with E-state index in [9.17, 15) is 4.79 Å². The highest BCUT2D eigenvalue weighted by Crippen LogP contribution is 2.24. The third-order valence-corrected chi connectivity index (χ3v) is 4.04. The van der Waals surface area contributed by atoms with Crippen LogP contribution in [0.15, 0.2) is 40.2 Å². The van der Waals surface area contributed by atoms with Gasteiger partial charge in [-0.25, -0.2) is 4.79 Å². The molecule has 1 heterocycles. The number of carbonyl (C=O) groups is 1. The Morgan fingerprint density at radius 2 is 2.24 bits per heavy atom. The molecule has 1 aromatic heterocycles. The van der Waals surface area contributed by atoms with E-state index in [1.165, 1.54) is 12.1 Å². The van der Waals surface area contributed by atoms with Crippen LogP contribution < -0.4 is 4.74 Å². The van der Waals surface area contributed by atoms with Gasteiger partial charge < -0.3 is 9.84 Å². The molecule has 1 N–H and O–H groups in total. The van der Waals surface area contributed by atoms with Crippen molar-refractivity contribution in [2.45, 2.75) is 6.61 Å². The van der Waals surface area contributed by atoms with Gasteiger partial charge in [0, 0.05) is 4.47 Å². The van der Waals surface area contributed by atoms with Crippen molar-refractivity contribution in [1.82, 2.24) is 0 Å². The van der Waals surface area contributed by atoms with Crippen LogP contribution in [0.2, 0.25) is 0 Å². The highest BCUT2D eigenvalue weighted by Gasteiger charge is 2.05. The lowest BCUT2D eigenvalue weighted by Crippen LogP contribution is -1.98. The van der Waals surface area contributed by atoms with Gasteiger partial charge in [0.25, 0.3) is 0 Å². The molecule has 1 aromatic carbocycles. The molecule has 0 bridgehead atoms. The molecule has 0 atom stereocenters.